The minimum absolute atomic E-state index is 0.177. The van der Waals surface area contributed by atoms with Crippen molar-refractivity contribution in [2.24, 2.45) is 0 Å². The molecule has 0 aromatic carbocycles. The van der Waals surface area contributed by atoms with Gasteiger partial charge in [0.25, 0.3) is 0 Å². The van der Waals surface area contributed by atoms with Crippen LogP contribution in [0.15, 0.2) is 0 Å². The molecule has 0 aliphatic carbocycles. The van der Waals surface area contributed by atoms with Gasteiger partial charge in [-0.15, -0.1) is 7.02 Å². The summed E-state index contributed by atoms with van der Waals surface area (Å²) in [6.07, 6.45) is 0. The quantitative estimate of drug-likeness (QED) is 0.229. The van der Waals surface area contributed by atoms with E-state index in [1.807, 2.05) is 0 Å². The fourth-order valence-electron chi connectivity index (χ4n) is 11.4. The van der Waals surface area contributed by atoms with Crippen LogP contribution in [-0.4, -0.2) is 35.4 Å². The molecule has 0 radical (unpaired) electrons. The molecule has 0 atom stereocenters. The SMILES string of the molecule is CC(C)[Si]1(C(C)C)P(C)[Si](C(C)C)(C(C)C)[Si](C(C)C)(C(C)C)[Si]1(C(C)C)C(C)C. The van der Waals surface area contributed by atoms with Crippen molar-refractivity contribution in [3.05, 3.63) is 0 Å². The van der Waals surface area contributed by atoms with E-state index in [9.17, 15) is 0 Å². The van der Waals surface area contributed by atoms with E-state index >= 15 is 0 Å². The van der Waals surface area contributed by atoms with Crippen molar-refractivity contribution in [1.82, 2.24) is 0 Å². The molecule has 1 fully saturated rings. The normalized spacial score (nSPS) is 23.5. The maximum atomic E-state index is 2.96. The first-order chi connectivity index (χ1) is 13.5. The van der Waals surface area contributed by atoms with Crippen LogP contribution in [0.2, 0.25) is 44.3 Å². The Hall–Kier alpha value is 1.30. The first-order valence-electron chi connectivity index (χ1n) is 13.2. The van der Waals surface area contributed by atoms with Crippen molar-refractivity contribution >= 4 is 35.8 Å². The summed E-state index contributed by atoms with van der Waals surface area (Å²) < 4.78 is 0. The lowest BCUT2D eigenvalue weighted by atomic mass is 10.5. The Morgan fingerprint density at radius 1 is 0.333 bits per heavy atom. The average Bonchev–Trinajstić information content (AvgIpc) is 2.76. The molecule has 0 bridgehead atoms. The Balaban J connectivity index is 4.65. The van der Waals surface area contributed by atoms with Crippen molar-refractivity contribution < 1.29 is 0 Å². The lowest BCUT2D eigenvalue weighted by molar-refractivity contribution is 0.864. The monoisotopic (exact) mass is 502 g/mol. The minimum atomic E-state index is -1.55. The van der Waals surface area contributed by atoms with Crippen LogP contribution in [0.1, 0.15) is 111 Å². The van der Waals surface area contributed by atoms with Crippen molar-refractivity contribution in [3.8, 4) is 0 Å². The van der Waals surface area contributed by atoms with Crippen molar-refractivity contribution in [1.29, 1.82) is 0 Å². The molecule has 1 aliphatic rings. The molecule has 0 amide bonds. The first kappa shape index (κ1) is 29.3. The van der Waals surface area contributed by atoms with Crippen molar-refractivity contribution in [3.63, 3.8) is 0 Å². The summed E-state index contributed by atoms with van der Waals surface area (Å²) >= 11 is 0. The van der Waals surface area contributed by atoms with Crippen LogP contribution in [-0.2, 0) is 0 Å². The van der Waals surface area contributed by atoms with E-state index < -0.39 is 28.7 Å². The van der Waals surface area contributed by atoms with E-state index in [1.54, 1.807) is 0 Å². The van der Waals surface area contributed by atoms with Crippen LogP contribution in [0.4, 0.5) is 0 Å². The molecular weight excluding hydrogens is 444 g/mol. The number of hydrogen-bond acceptors (Lipinski definition) is 0. The predicted molar refractivity (Wildman–Crippen MR) is 157 cm³/mol. The van der Waals surface area contributed by atoms with E-state index in [-0.39, 0.29) is 7.02 Å². The maximum Gasteiger partial charge on any atom is 0.0727 e. The fourth-order valence-corrected chi connectivity index (χ4v) is 218. The van der Waals surface area contributed by atoms with Gasteiger partial charge in [0, 0.05) is 0 Å². The molecule has 0 spiro atoms. The molecule has 1 aliphatic heterocycles. The lowest BCUT2D eigenvalue weighted by Crippen LogP contribution is -2.84. The number of hydrogen-bond donors (Lipinski definition) is 0. The zero-order valence-corrected chi connectivity index (χ0v) is 29.0. The Morgan fingerprint density at radius 3 is 0.600 bits per heavy atom. The number of rotatable bonds is 8. The van der Waals surface area contributed by atoms with Crippen LogP contribution < -0.4 is 0 Å². The van der Waals surface area contributed by atoms with Gasteiger partial charge in [-0.05, 0) is 22.2 Å². The smallest absolute Gasteiger partial charge is 0.0727 e. The lowest BCUT2D eigenvalue weighted by Gasteiger charge is -2.65. The second kappa shape index (κ2) is 9.51. The average molecular weight is 503 g/mol. The molecule has 180 valence electrons. The van der Waals surface area contributed by atoms with Gasteiger partial charge in [-0.1, -0.05) is 140 Å². The van der Waals surface area contributed by atoms with Crippen LogP contribution in [0.25, 0.3) is 0 Å². The molecule has 1 saturated heterocycles. The van der Waals surface area contributed by atoms with Gasteiger partial charge >= 0.3 is 0 Å². The Labute approximate surface area is 197 Å². The topological polar surface area (TPSA) is 0 Å². The Kier molecular flexibility index (Phi) is 9.30. The summed E-state index contributed by atoms with van der Waals surface area (Å²) in [6.45, 7) is 46.8. The van der Waals surface area contributed by atoms with Gasteiger partial charge in [0.05, 0.1) is 28.7 Å². The first-order valence-corrected chi connectivity index (χ1v) is 28.3. The van der Waals surface area contributed by atoms with Gasteiger partial charge in [-0.25, -0.2) is 0 Å². The molecule has 0 saturated carbocycles. The zero-order chi connectivity index (χ0) is 24.2. The van der Waals surface area contributed by atoms with Gasteiger partial charge in [0.1, 0.15) is 0 Å². The summed E-state index contributed by atoms with van der Waals surface area (Å²) in [7, 11) is -5.91. The highest BCUT2D eigenvalue weighted by molar-refractivity contribution is 8.42. The van der Waals surface area contributed by atoms with Crippen LogP contribution in [0.5, 0.6) is 0 Å². The van der Waals surface area contributed by atoms with Crippen LogP contribution in [0.3, 0.4) is 0 Å². The largest absolute Gasteiger partial charge is 0.136 e. The highest BCUT2D eigenvalue weighted by Crippen LogP contribution is 2.83. The zero-order valence-electron chi connectivity index (χ0n) is 24.1. The summed E-state index contributed by atoms with van der Waals surface area (Å²) in [5.41, 5.74) is 7.68. The molecule has 1 heterocycles. The molecule has 0 unspecified atom stereocenters. The third kappa shape index (κ3) is 3.01. The summed E-state index contributed by atoms with van der Waals surface area (Å²) in [4.78, 5) is 0. The minimum Gasteiger partial charge on any atom is -0.136 e. The highest BCUT2D eigenvalue weighted by Gasteiger charge is 2.86. The second-order valence-electron chi connectivity index (χ2n) is 13.2. The molecule has 0 aromatic heterocycles. The molecule has 0 N–H and O–H groups in total. The Bertz CT molecular complexity index is 496. The van der Waals surface area contributed by atoms with Gasteiger partial charge < -0.3 is 0 Å². The summed E-state index contributed by atoms with van der Waals surface area (Å²) in [5, 5.41) is 0. The predicted octanol–water partition coefficient (Wildman–Crippen LogP) is 10.4. The van der Waals surface area contributed by atoms with Crippen LogP contribution >= 0.6 is 7.02 Å². The fraction of sp³-hybridized carbons (Fsp3) is 1.00. The Morgan fingerprint density at radius 2 is 0.500 bits per heavy atom. The molecular formula is C25H59PSi4. The third-order valence-corrected chi connectivity index (χ3v) is 121. The van der Waals surface area contributed by atoms with Crippen LogP contribution in [0, 0.1) is 0 Å². The van der Waals surface area contributed by atoms with E-state index in [0.717, 1.165) is 44.3 Å². The summed E-state index contributed by atoms with van der Waals surface area (Å²) in [5.74, 6) is 0. The van der Waals surface area contributed by atoms with Crippen molar-refractivity contribution in [2.75, 3.05) is 6.66 Å². The standard InChI is InChI=1S/C25H59PSi4/c1-18(2)27(19(3)4)26(17)28(20(5)6,21(7)8)30(24(13)14,25(15)16)29(27,22(9)10)23(11)12/h18-25H,1-17H3. The van der Waals surface area contributed by atoms with Gasteiger partial charge in [0.2, 0.25) is 0 Å². The maximum absolute atomic E-state index is 2.96. The van der Waals surface area contributed by atoms with E-state index in [2.05, 4.69) is 117 Å². The van der Waals surface area contributed by atoms with E-state index in [1.165, 1.54) is 0 Å². The second-order valence-corrected chi connectivity index (χ2v) is 60.5. The van der Waals surface area contributed by atoms with E-state index in [4.69, 9.17) is 0 Å². The molecule has 30 heavy (non-hydrogen) atoms. The molecule has 0 aromatic rings. The summed E-state index contributed by atoms with van der Waals surface area (Å²) in [6, 6.07) is 0. The molecule has 0 nitrogen and oxygen atoms in total. The van der Waals surface area contributed by atoms with Crippen molar-refractivity contribution in [2.45, 2.75) is 155 Å². The van der Waals surface area contributed by atoms with Gasteiger partial charge in [-0.3, -0.25) is 0 Å². The third-order valence-electron chi connectivity index (χ3n) is 10.3. The van der Waals surface area contributed by atoms with Gasteiger partial charge in [0.15, 0.2) is 0 Å². The van der Waals surface area contributed by atoms with Gasteiger partial charge in [-0.2, -0.15) is 0 Å². The van der Waals surface area contributed by atoms with E-state index in [0.29, 0.717) is 0 Å². The molecule has 1 rings (SSSR count). The highest BCUT2D eigenvalue weighted by atomic mass is 31.7. The molecule has 5 heteroatoms.